The van der Waals surface area contributed by atoms with Crippen molar-refractivity contribution in [3.05, 3.63) is 54.6 Å². The standard InChI is InChI=1S/C21H26N2O3S2/c24-21(14-17-27-19-8-4-3-5-9-19)22-18-10-12-20(13-11-18)28(25,26)23-15-6-1-2-7-16-23/h3-5,8-13H,1-2,6-7,14-17H2,(H,22,24). The van der Waals surface area contributed by atoms with E-state index < -0.39 is 10.0 Å². The Morgan fingerprint density at radius 2 is 1.57 bits per heavy atom. The van der Waals surface area contributed by atoms with Gasteiger partial charge in [0.05, 0.1) is 4.90 Å². The van der Waals surface area contributed by atoms with Crippen molar-refractivity contribution in [1.29, 1.82) is 0 Å². The van der Waals surface area contributed by atoms with Gasteiger partial charge in [0.2, 0.25) is 15.9 Å². The number of nitrogens with zero attached hydrogens (tertiary/aromatic N) is 1. The van der Waals surface area contributed by atoms with Crippen LogP contribution < -0.4 is 5.32 Å². The Labute approximate surface area is 171 Å². The Hall–Kier alpha value is -1.83. The summed E-state index contributed by atoms with van der Waals surface area (Å²) in [6, 6.07) is 16.4. The molecule has 1 aliphatic rings. The topological polar surface area (TPSA) is 66.5 Å². The second-order valence-corrected chi connectivity index (χ2v) is 9.91. The molecular formula is C21H26N2O3S2. The molecule has 0 spiro atoms. The average molecular weight is 419 g/mol. The van der Waals surface area contributed by atoms with Crippen LogP contribution in [0.25, 0.3) is 0 Å². The molecule has 7 heteroatoms. The quantitative estimate of drug-likeness (QED) is 0.678. The molecule has 28 heavy (non-hydrogen) atoms. The van der Waals surface area contributed by atoms with Crippen LogP contribution in [0, 0.1) is 0 Å². The normalized spacial score (nSPS) is 15.7. The van der Waals surface area contributed by atoms with E-state index in [9.17, 15) is 13.2 Å². The summed E-state index contributed by atoms with van der Waals surface area (Å²) in [7, 11) is -3.46. The van der Waals surface area contributed by atoms with Crippen LogP contribution in [0.2, 0.25) is 0 Å². The molecule has 0 saturated carbocycles. The number of thioether (sulfide) groups is 1. The Kier molecular flexibility index (Phi) is 7.53. The number of hydrogen-bond donors (Lipinski definition) is 1. The highest BCUT2D eigenvalue weighted by Crippen LogP contribution is 2.22. The Morgan fingerprint density at radius 1 is 0.929 bits per heavy atom. The summed E-state index contributed by atoms with van der Waals surface area (Å²) in [4.78, 5) is 13.5. The van der Waals surface area contributed by atoms with E-state index in [0.29, 0.717) is 31.0 Å². The van der Waals surface area contributed by atoms with Crippen molar-refractivity contribution in [2.24, 2.45) is 0 Å². The molecule has 1 saturated heterocycles. The molecule has 1 heterocycles. The van der Waals surface area contributed by atoms with Crippen LogP contribution in [0.4, 0.5) is 5.69 Å². The second kappa shape index (κ2) is 10.1. The van der Waals surface area contributed by atoms with Gasteiger partial charge in [0.25, 0.3) is 0 Å². The minimum atomic E-state index is -3.46. The van der Waals surface area contributed by atoms with Crippen LogP contribution in [0.5, 0.6) is 0 Å². The third-order valence-electron chi connectivity index (χ3n) is 4.68. The van der Waals surface area contributed by atoms with Gasteiger partial charge >= 0.3 is 0 Å². The average Bonchev–Trinajstić information content (AvgIpc) is 2.99. The molecule has 2 aromatic carbocycles. The summed E-state index contributed by atoms with van der Waals surface area (Å²) in [5.74, 6) is 0.614. The molecule has 3 rings (SSSR count). The van der Waals surface area contributed by atoms with Gasteiger partial charge in [-0.05, 0) is 49.2 Å². The first kappa shape index (κ1) is 20.9. The van der Waals surface area contributed by atoms with Gasteiger partial charge in [-0.2, -0.15) is 4.31 Å². The molecule has 2 aromatic rings. The lowest BCUT2D eigenvalue weighted by molar-refractivity contribution is -0.115. The SMILES string of the molecule is O=C(CCSc1ccccc1)Nc1ccc(S(=O)(=O)N2CCCCCC2)cc1. The lowest BCUT2D eigenvalue weighted by atomic mass is 10.2. The summed E-state index contributed by atoms with van der Waals surface area (Å²) in [6.45, 7) is 1.17. The first-order valence-corrected chi connectivity index (χ1v) is 12.1. The predicted molar refractivity (Wildman–Crippen MR) is 114 cm³/mol. The van der Waals surface area contributed by atoms with Crippen LogP contribution in [0.1, 0.15) is 32.1 Å². The van der Waals surface area contributed by atoms with Gasteiger partial charge in [-0.1, -0.05) is 31.0 Å². The molecule has 1 aliphatic heterocycles. The number of carbonyl (C=O) groups excluding carboxylic acids is 1. The fourth-order valence-electron chi connectivity index (χ4n) is 3.14. The van der Waals surface area contributed by atoms with E-state index in [-0.39, 0.29) is 10.8 Å². The molecule has 0 bridgehead atoms. The molecule has 0 aromatic heterocycles. The molecule has 0 unspecified atom stereocenters. The summed E-state index contributed by atoms with van der Waals surface area (Å²) in [6.07, 6.45) is 4.38. The van der Waals surface area contributed by atoms with Gasteiger partial charge in [-0.15, -0.1) is 11.8 Å². The minimum absolute atomic E-state index is 0.0773. The van der Waals surface area contributed by atoms with Crippen molar-refractivity contribution < 1.29 is 13.2 Å². The fourth-order valence-corrected chi connectivity index (χ4v) is 5.53. The van der Waals surface area contributed by atoms with Gasteiger partial charge < -0.3 is 5.32 Å². The van der Waals surface area contributed by atoms with Crippen molar-refractivity contribution in [3.63, 3.8) is 0 Å². The summed E-state index contributed by atoms with van der Waals surface area (Å²) >= 11 is 1.64. The van der Waals surface area contributed by atoms with Crippen molar-refractivity contribution in [3.8, 4) is 0 Å². The van der Waals surface area contributed by atoms with Crippen molar-refractivity contribution in [2.75, 3.05) is 24.2 Å². The number of amides is 1. The van der Waals surface area contributed by atoms with E-state index in [1.165, 1.54) is 0 Å². The largest absolute Gasteiger partial charge is 0.326 e. The Balaban J connectivity index is 1.52. The maximum atomic E-state index is 12.8. The molecule has 0 atom stereocenters. The number of nitrogens with one attached hydrogen (secondary N) is 1. The maximum absolute atomic E-state index is 12.8. The van der Waals surface area contributed by atoms with E-state index in [2.05, 4.69) is 5.32 Å². The zero-order valence-corrected chi connectivity index (χ0v) is 17.5. The summed E-state index contributed by atoms with van der Waals surface area (Å²) in [5, 5.41) is 2.84. The Morgan fingerprint density at radius 3 is 2.21 bits per heavy atom. The van der Waals surface area contributed by atoms with Gasteiger partial charge in [-0.3, -0.25) is 4.79 Å². The van der Waals surface area contributed by atoms with Crippen molar-refractivity contribution in [1.82, 2.24) is 4.31 Å². The van der Waals surface area contributed by atoms with E-state index in [4.69, 9.17) is 0 Å². The monoisotopic (exact) mass is 418 g/mol. The predicted octanol–water partition coefficient (Wildman–Crippen LogP) is 4.37. The zero-order valence-electron chi connectivity index (χ0n) is 15.8. The van der Waals surface area contributed by atoms with Crippen LogP contribution in [-0.2, 0) is 14.8 Å². The highest BCUT2D eigenvalue weighted by atomic mass is 32.2. The second-order valence-electron chi connectivity index (χ2n) is 6.80. The highest BCUT2D eigenvalue weighted by molar-refractivity contribution is 7.99. The maximum Gasteiger partial charge on any atom is 0.243 e. The molecule has 1 N–H and O–H groups in total. The number of anilines is 1. The highest BCUT2D eigenvalue weighted by Gasteiger charge is 2.24. The van der Waals surface area contributed by atoms with E-state index in [1.807, 2.05) is 30.3 Å². The first-order chi connectivity index (χ1) is 13.6. The molecule has 5 nitrogen and oxygen atoms in total. The van der Waals surface area contributed by atoms with E-state index >= 15 is 0 Å². The van der Waals surface area contributed by atoms with Gasteiger partial charge in [0.1, 0.15) is 0 Å². The smallest absolute Gasteiger partial charge is 0.243 e. The molecule has 1 amide bonds. The fraction of sp³-hybridized carbons (Fsp3) is 0.381. The summed E-state index contributed by atoms with van der Waals surface area (Å²) < 4.78 is 27.1. The lowest BCUT2D eigenvalue weighted by Crippen LogP contribution is -2.31. The number of benzene rings is 2. The van der Waals surface area contributed by atoms with Gasteiger partial charge in [-0.25, -0.2) is 8.42 Å². The molecule has 0 radical (unpaired) electrons. The van der Waals surface area contributed by atoms with Crippen LogP contribution >= 0.6 is 11.8 Å². The third-order valence-corrected chi connectivity index (χ3v) is 7.61. The lowest BCUT2D eigenvalue weighted by Gasteiger charge is -2.20. The molecule has 1 fully saturated rings. The van der Waals surface area contributed by atoms with E-state index in [1.54, 1.807) is 40.3 Å². The number of rotatable bonds is 7. The van der Waals surface area contributed by atoms with Crippen LogP contribution in [0.3, 0.4) is 0 Å². The Bertz CT molecular complexity index is 860. The van der Waals surface area contributed by atoms with Crippen molar-refractivity contribution >= 4 is 33.4 Å². The minimum Gasteiger partial charge on any atom is -0.326 e. The number of hydrogen-bond acceptors (Lipinski definition) is 4. The number of carbonyl (C=O) groups is 1. The van der Waals surface area contributed by atoms with Crippen LogP contribution in [0.15, 0.2) is 64.4 Å². The van der Waals surface area contributed by atoms with E-state index in [0.717, 1.165) is 30.6 Å². The number of sulfonamides is 1. The van der Waals surface area contributed by atoms with Crippen LogP contribution in [-0.4, -0.2) is 37.5 Å². The first-order valence-electron chi connectivity index (χ1n) is 9.64. The third kappa shape index (κ3) is 5.83. The molecular weight excluding hydrogens is 392 g/mol. The zero-order chi connectivity index (χ0) is 19.8. The van der Waals surface area contributed by atoms with Crippen molar-refractivity contribution in [2.45, 2.75) is 41.9 Å². The molecule has 150 valence electrons. The molecule has 0 aliphatic carbocycles. The van der Waals surface area contributed by atoms with Gasteiger partial charge in [0.15, 0.2) is 0 Å². The summed E-state index contributed by atoms with van der Waals surface area (Å²) in [5.41, 5.74) is 0.615. The van der Waals surface area contributed by atoms with Gasteiger partial charge in [0, 0.05) is 35.8 Å².